The van der Waals surface area contributed by atoms with Gasteiger partial charge in [0.2, 0.25) is 0 Å². The third-order valence-corrected chi connectivity index (χ3v) is 4.20. The van der Waals surface area contributed by atoms with Crippen molar-refractivity contribution in [2.45, 2.75) is 25.4 Å². The summed E-state index contributed by atoms with van der Waals surface area (Å²) < 4.78 is 5.69. The molecule has 0 heterocycles. The molecule has 2 heteroatoms. The van der Waals surface area contributed by atoms with Gasteiger partial charge in [0.15, 0.2) is 0 Å². The van der Waals surface area contributed by atoms with Gasteiger partial charge in [0.05, 0.1) is 19.3 Å². The fourth-order valence-corrected chi connectivity index (χ4v) is 3.77. The van der Waals surface area contributed by atoms with E-state index in [2.05, 4.69) is 0 Å². The number of fused-ring (bicyclic) bond motifs is 1. The van der Waals surface area contributed by atoms with Gasteiger partial charge in [-0.15, -0.1) is 0 Å². The second-order valence-electron chi connectivity index (χ2n) is 4.61. The van der Waals surface area contributed by atoms with Crippen molar-refractivity contribution < 1.29 is 9.84 Å². The lowest BCUT2D eigenvalue weighted by Gasteiger charge is -2.46. The van der Waals surface area contributed by atoms with Crippen molar-refractivity contribution in [3.8, 4) is 0 Å². The van der Waals surface area contributed by atoms with Crippen molar-refractivity contribution in [2.75, 3.05) is 13.2 Å². The molecule has 3 aliphatic rings. The molecular weight excluding hydrogens is 152 g/mol. The van der Waals surface area contributed by atoms with E-state index in [0.717, 1.165) is 23.7 Å². The van der Waals surface area contributed by atoms with Gasteiger partial charge in [-0.25, -0.2) is 0 Å². The van der Waals surface area contributed by atoms with Crippen molar-refractivity contribution in [2.24, 2.45) is 23.7 Å². The van der Waals surface area contributed by atoms with Crippen molar-refractivity contribution in [1.29, 1.82) is 0 Å². The second-order valence-corrected chi connectivity index (χ2v) is 4.61. The first-order chi connectivity index (χ1) is 5.90. The SMILES string of the molecule is OCCOC1C2CC3CC1C3C2. The number of aliphatic hydroxyl groups excluding tert-OH is 1. The standard InChI is InChI=1S/C10H16O2/c11-1-2-12-10-7-3-6-4-9(10)8(6)5-7/h6-11H,1-5H2. The highest BCUT2D eigenvalue weighted by Crippen LogP contribution is 2.64. The van der Waals surface area contributed by atoms with Crippen LogP contribution in [0.4, 0.5) is 0 Å². The molecule has 0 amide bonds. The summed E-state index contributed by atoms with van der Waals surface area (Å²) in [5.41, 5.74) is 0. The minimum absolute atomic E-state index is 0.185. The lowest BCUT2D eigenvalue weighted by Crippen LogP contribution is -2.44. The van der Waals surface area contributed by atoms with Crippen LogP contribution in [0.15, 0.2) is 0 Å². The zero-order chi connectivity index (χ0) is 8.13. The van der Waals surface area contributed by atoms with Crippen LogP contribution >= 0.6 is 0 Å². The van der Waals surface area contributed by atoms with E-state index in [-0.39, 0.29) is 6.61 Å². The van der Waals surface area contributed by atoms with Gasteiger partial charge in [-0.05, 0) is 42.9 Å². The van der Waals surface area contributed by atoms with Gasteiger partial charge in [0, 0.05) is 0 Å². The maximum Gasteiger partial charge on any atom is 0.0701 e. The second kappa shape index (κ2) is 2.46. The first-order valence-corrected chi connectivity index (χ1v) is 5.12. The maximum atomic E-state index is 8.67. The molecule has 3 fully saturated rings. The van der Waals surface area contributed by atoms with E-state index in [0.29, 0.717) is 12.7 Å². The summed E-state index contributed by atoms with van der Waals surface area (Å²) in [5.74, 6) is 3.80. The molecule has 1 N–H and O–H groups in total. The fraction of sp³-hybridized carbons (Fsp3) is 1.00. The zero-order valence-corrected chi connectivity index (χ0v) is 7.28. The van der Waals surface area contributed by atoms with Crippen LogP contribution in [0.2, 0.25) is 0 Å². The molecule has 0 aromatic carbocycles. The first kappa shape index (κ1) is 7.34. The summed E-state index contributed by atoms with van der Waals surface area (Å²) in [4.78, 5) is 0. The van der Waals surface area contributed by atoms with Gasteiger partial charge < -0.3 is 9.84 Å². The Labute approximate surface area is 72.9 Å². The summed E-state index contributed by atoms with van der Waals surface area (Å²) in [6.07, 6.45) is 4.77. The molecule has 2 bridgehead atoms. The van der Waals surface area contributed by atoms with Crippen LogP contribution in [0.1, 0.15) is 19.3 Å². The Morgan fingerprint density at radius 3 is 2.50 bits per heavy atom. The predicted octanol–water partition coefficient (Wildman–Crippen LogP) is 1.04. The number of hydrogen-bond donors (Lipinski definition) is 1. The molecular formula is C10H16O2. The van der Waals surface area contributed by atoms with Crippen molar-refractivity contribution in [3.05, 3.63) is 0 Å². The number of aliphatic hydroxyl groups is 1. The van der Waals surface area contributed by atoms with Gasteiger partial charge in [-0.2, -0.15) is 0 Å². The highest BCUT2D eigenvalue weighted by molar-refractivity contribution is 5.09. The third-order valence-electron chi connectivity index (χ3n) is 4.20. The van der Waals surface area contributed by atoms with Crippen LogP contribution in [0.3, 0.4) is 0 Å². The molecule has 2 nitrogen and oxygen atoms in total. The van der Waals surface area contributed by atoms with Crippen LogP contribution in [0.25, 0.3) is 0 Å². The topological polar surface area (TPSA) is 29.5 Å². The Morgan fingerprint density at radius 2 is 1.92 bits per heavy atom. The number of hydrogen-bond acceptors (Lipinski definition) is 2. The average Bonchev–Trinajstić information content (AvgIpc) is 2.52. The molecule has 0 aromatic rings. The molecule has 0 spiro atoms. The maximum absolute atomic E-state index is 8.67. The lowest BCUT2D eigenvalue weighted by molar-refractivity contribution is -0.0900. The molecule has 68 valence electrons. The van der Waals surface area contributed by atoms with Crippen molar-refractivity contribution in [3.63, 3.8) is 0 Å². The summed E-state index contributed by atoms with van der Waals surface area (Å²) in [7, 11) is 0. The Hall–Kier alpha value is -0.0800. The average molecular weight is 168 g/mol. The smallest absolute Gasteiger partial charge is 0.0701 e. The Kier molecular flexibility index (Phi) is 1.50. The van der Waals surface area contributed by atoms with Gasteiger partial charge in [-0.1, -0.05) is 0 Å². The minimum Gasteiger partial charge on any atom is -0.394 e. The van der Waals surface area contributed by atoms with Crippen molar-refractivity contribution >= 4 is 0 Å². The molecule has 0 aromatic heterocycles. The quantitative estimate of drug-likeness (QED) is 0.682. The van der Waals surface area contributed by atoms with Gasteiger partial charge in [0.1, 0.15) is 0 Å². The highest BCUT2D eigenvalue weighted by Gasteiger charge is 2.60. The van der Waals surface area contributed by atoms with E-state index < -0.39 is 0 Å². The van der Waals surface area contributed by atoms with E-state index in [1.165, 1.54) is 19.3 Å². The number of ether oxygens (including phenoxy) is 1. The number of rotatable bonds is 3. The molecule has 0 aliphatic heterocycles. The Morgan fingerprint density at radius 1 is 1.08 bits per heavy atom. The first-order valence-electron chi connectivity index (χ1n) is 5.12. The van der Waals surface area contributed by atoms with E-state index in [4.69, 9.17) is 9.84 Å². The molecule has 3 saturated carbocycles. The predicted molar refractivity (Wildman–Crippen MR) is 44.6 cm³/mol. The van der Waals surface area contributed by atoms with E-state index in [9.17, 15) is 0 Å². The van der Waals surface area contributed by atoms with Gasteiger partial charge in [-0.3, -0.25) is 0 Å². The molecule has 0 saturated heterocycles. The highest BCUT2D eigenvalue weighted by atomic mass is 16.5. The van der Waals surface area contributed by atoms with E-state index in [1.807, 2.05) is 0 Å². The third kappa shape index (κ3) is 0.775. The van der Waals surface area contributed by atoms with Gasteiger partial charge in [0.25, 0.3) is 0 Å². The van der Waals surface area contributed by atoms with Gasteiger partial charge >= 0.3 is 0 Å². The van der Waals surface area contributed by atoms with Crippen molar-refractivity contribution in [1.82, 2.24) is 0 Å². The van der Waals surface area contributed by atoms with Crippen LogP contribution < -0.4 is 0 Å². The summed E-state index contributed by atoms with van der Waals surface area (Å²) in [5, 5.41) is 8.67. The molecule has 5 atom stereocenters. The van der Waals surface area contributed by atoms with E-state index >= 15 is 0 Å². The van der Waals surface area contributed by atoms with Crippen LogP contribution in [-0.2, 0) is 4.74 Å². The molecule has 0 radical (unpaired) electrons. The molecule has 5 unspecified atom stereocenters. The molecule has 3 rings (SSSR count). The lowest BCUT2D eigenvalue weighted by atomic mass is 9.63. The summed E-state index contributed by atoms with van der Waals surface area (Å²) in [6, 6.07) is 0. The van der Waals surface area contributed by atoms with Crippen LogP contribution in [-0.4, -0.2) is 24.4 Å². The fourth-order valence-electron chi connectivity index (χ4n) is 3.77. The molecule has 3 aliphatic carbocycles. The zero-order valence-electron chi connectivity index (χ0n) is 7.28. The summed E-state index contributed by atoms with van der Waals surface area (Å²) >= 11 is 0. The van der Waals surface area contributed by atoms with E-state index in [1.54, 1.807) is 0 Å². The molecule has 12 heavy (non-hydrogen) atoms. The van der Waals surface area contributed by atoms with Crippen LogP contribution in [0.5, 0.6) is 0 Å². The monoisotopic (exact) mass is 168 g/mol. The minimum atomic E-state index is 0.185. The summed E-state index contributed by atoms with van der Waals surface area (Å²) in [6.45, 7) is 0.735. The van der Waals surface area contributed by atoms with Crippen LogP contribution in [0, 0.1) is 23.7 Å². The normalized spacial score (nSPS) is 54.2. The Balaban J connectivity index is 1.65. The Bertz CT molecular complexity index is 188. The largest absolute Gasteiger partial charge is 0.394 e.